The standard InChI is InChI=1S/C17H25ClN2O4/c1-11(2)23-15-13(18)9-12(10-19-15)16(22)20(6)8-7-14(21)24-17(3,4)5/h9-11H,7-8H2,1-6H3. The highest BCUT2D eigenvalue weighted by molar-refractivity contribution is 6.32. The van der Waals surface area contributed by atoms with E-state index < -0.39 is 5.60 Å². The van der Waals surface area contributed by atoms with Crippen LogP contribution in [0.2, 0.25) is 5.02 Å². The predicted octanol–water partition coefficient (Wildman–Crippen LogP) is 3.33. The van der Waals surface area contributed by atoms with Crippen molar-refractivity contribution in [3.63, 3.8) is 0 Å². The molecule has 0 unspecified atom stereocenters. The number of nitrogens with zero attached hydrogens (tertiary/aromatic N) is 2. The number of ether oxygens (including phenoxy) is 2. The van der Waals surface area contributed by atoms with Crippen LogP contribution >= 0.6 is 11.6 Å². The zero-order valence-corrected chi connectivity index (χ0v) is 15.8. The van der Waals surface area contributed by atoms with Crippen molar-refractivity contribution in [1.29, 1.82) is 0 Å². The molecule has 1 aromatic rings. The Morgan fingerprint density at radius 2 is 1.96 bits per heavy atom. The second-order valence-electron chi connectivity index (χ2n) is 6.74. The molecule has 0 aliphatic rings. The highest BCUT2D eigenvalue weighted by Crippen LogP contribution is 2.24. The molecule has 7 heteroatoms. The van der Waals surface area contributed by atoms with Gasteiger partial charge in [-0.2, -0.15) is 0 Å². The van der Waals surface area contributed by atoms with Crippen LogP contribution in [0.15, 0.2) is 12.3 Å². The first-order valence-corrected chi connectivity index (χ1v) is 8.17. The second-order valence-corrected chi connectivity index (χ2v) is 7.15. The number of rotatable bonds is 6. The number of carbonyl (C=O) groups is 2. The Labute approximate surface area is 148 Å². The van der Waals surface area contributed by atoms with Crippen molar-refractivity contribution in [2.75, 3.05) is 13.6 Å². The minimum Gasteiger partial charge on any atom is -0.474 e. The van der Waals surface area contributed by atoms with E-state index in [9.17, 15) is 9.59 Å². The molecular formula is C17H25ClN2O4. The van der Waals surface area contributed by atoms with Gasteiger partial charge in [-0.25, -0.2) is 4.98 Å². The molecule has 0 bridgehead atoms. The third kappa shape index (κ3) is 6.74. The van der Waals surface area contributed by atoms with Crippen LogP contribution in [0.25, 0.3) is 0 Å². The predicted molar refractivity (Wildman–Crippen MR) is 92.4 cm³/mol. The summed E-state index contributed by atoms with van der Waals surface area (Å²) < 4.78 is 10.7. The Hall–Kier alpha value is -1.82. The van der Waals surface area contributed by atoms with Crippen LogP contribution in [-0.2, 0) is 9.53 Å². The molecule has 0 aliphatic carbocycles. The van der Waals surface area contributed by atoms with Crippen LogP contribution in [0.3, 0.4) is 0 Å². The Kier molecular flexibility index (Phi) is 7.02. The first kappa shape index (κ1) is 20.2. The normalized spacial score (nSPS) is 11.3. The molecule has 24 heavy (non-hydrogen) atoms. The number of aromatic nitrogens is 1. The topological polar surface area (TPSA) is 68.7 Å². The lowest BCUT2D eigenvalue weighted by Crippen LogP contribution is -2.31. The third-order valence-electron chi connectivity index (χ3n) is 2.82. The van der Waals surface area contributed by atoms with Gasteiger partial charge in [0, 0.05) is 19.8 Å². The number of pyridine rings is 1. The van der Waals surface area contributed by atoms with Crippen molar-refractivity contribution in [3.05, 3.63) is 22.8 Å². The number of carbonyl (C=O) groups excluding carboxylic acids is 2. The van der Waals surface area contributed by atoms with Crippen LogP contribution in [0.4, 0.5) is 0 Å². The molecule has 1 amide bonds. The maximum atomic E-state index is 12.4. The van der Waals surface area contributed by atoms with E-state index in [1.54, 1.807) is 27.8 Å². The monoisotopic (exact) mass is 356 g/mol. The molecule has 0 aliphatic heterocycles. The summed E-state index contributed by atoms with van der Waals surface area (Å²) in [6.07, 6.45) is 1.47. The van der Waals surface area contributed by atoms with E-state index in [1.165, 1.54) is 17.2 Å². The molecule has 1 heterocycles. The summed E-state index contributed by atoms with van der Waals surface area (Å²) in [5, 5.41) is 0.273. The van der Waals surface area contributed by atoms with E-state index >= 15 is 0 Å². The van der Waals surface area contributed by atoms with Crippen molar-refractivity contribution in [2.45, 2.75) is 52.7 Å². The van der Waals surface area contributed by atoms with Gasteiger partial charge in [0.2, 0.25) is 5.88 Å². The molecule has 0 saturated carbocycles. The van der Waals surface area contributed by atoms with Crippen LogP contribution in [-0.4, -0.2) is 47.1 Å². The smallest absolute Gasteiger partial charge is 0.308 e. The second kappa shape index (κ2) is 8.33. The maximum absolute atomic E-state index is 12.4. The number of esters is 1. The van der Waals surface area contributed by atoms with E-state index in [1.807, 2.05) is 13.8 Å². The van der Waals surface area contributed by atoms with Crippen molar-refractivity contribution < 1.29 is 19.1 Å². The van der Waals surface area contributed by atoms with Crippen LogP contribution in [0.1, 0.15) is 51.4 Å². The highest BCUT2D eigenvalue weighted by atomic mass is 35.5. The molecule has 0 radical (unpaired) electrons. The number of hydrogen-bond acceptors (Lipinski definition) is 5. The fourth-order valence-electron chi connectivity index (χ4n) is 1.83. The van der Waals surface area contributed by atoms with Crippen molar-refractivity contribution in [1.82, 2.24) is 9.88 Å². The van der Waals surface area contributed by atoms with Gasteiger partial charge in [-0.15, -0.1) is 0 Å². The van der Waals surface area contributed by atoms with Gasteiger partial charge in [0.05, 0.1) is 18.1 Å². The molecular weight excluding hydrogens is 332 g/mol. The summed E-state index contributed by atoms with van der Waals surface area (Å²) in [5.41, 5.74) is -0.202. The van der Waals surface area contributed by atoms with Gasteiger partial charge in [0.1, 0.15) is 10.6 Å². The molecule has 0 fully saturated rings. The van der Waals surface area contributed by atoms with E-state index in [0.29, 0.717) is 11.4 Å². The molecule has 1 rings (SSSR count). The minimum atomic E-state index is -0.538. The van der Waals surface area contributed by atoms with Gasteiger partial charge in [0.15, 0.2) is 0 Å². The molecule has 0 aromatic carbocycles. The van der Waals surface area contributed by atoms with E-state index in [0.717, 1.165) is 0 Å². The van der Waals surface area contributed by atoms with E-state index in [4.69, 9.17) is 21.1 Å². The molecule has 0 atom stereocenters. The molecule has 0 saturated heterocycles. The minimum absolute atomic E-state index is 0.0620. The summed E-state index contributed by atoms with van der Waals surface area (Å²) in [4.78, 5) is 29.6. The van der Waals surface area contributed by atoms with E-state index in [2.05, 4.69) is 4.98 Å². The number of halogens is 1. The highest BCUT2D eigenvalue weighted by Gasteiger charge is 2.19. The fourth-order valence-corrected chi connectivity index (χ4v) is 2.04. The Balaban J connectivity index is 2.66. The zero-order chi connectivity index (χ0) is 18.5. The lowest BCUT2D eigenvalue weighted by Gasteiger charge is -2.21. The van der Waals surface area contributed by atoms with Crippen LogP contribution in [0.5, 0.6) is 5.88 Å². The van der Waals surface area contributed by atoms with E-state index in [-0.39, 0.29) is 36.0 Å². The average molecular weight is 357 g/mol. The SMILES string of the molecule is CC(C)Oc1ncc(C(=O)N(C)CCC(=O)OC(C)(C)C)cc1Cl. The first-order valence-electron chi connectivity index (χ1n) is 7.79. The fraction of sp³-hybridized carbons (Fsp3) is 0.588. The summed E-state index contributed by atoms with van der Waals surface area (Å²) in [7, 11) is 1.61. The van der Waals surface area contributed by atoms with Gasteiger partial charge in [0.25, 0.3) is 5.91 Å². The Bertz CT molecular complexity index is 597. The molecule has 134 valence electrons. The lowest BCUT2D eigenvalue weighted by molar-refractivity contribution is -0.154. The van der Waals surface area contributed by atoms with Gasteiger partial charge in [-0.05, 0) is 40.7 Å². The van der Waals surface area contributed by atoms with Crippen LogP contribution in [0, 0.1) is 0 Å². The Morgan fingerprint density at radius 3 is 2.46 bits per heavy atom. The maximum Gasteiger partial charge on any atom is 0.308 e. The summed E-state index contributed by atoms with van der Waals surface area (Å²) >= 11 is 6.09. The molecule has 0 N–H and O–H groups in total. The molecule has 6 nitrogen and oxygen atoms in total. The number of hydrogen-bond donors (Lipinski definition) is 0. The first-order chi connectivity index (χ1) is 11.0. The zero-order valence-electron chi connectivity index (χ0n) is 15.1. The summed E-state index contributed by atoms with van der Waals surface area (Å²) in [6, 6.07) is 1.51. The van der Waals surface area contributed by atoms with Gasteiger partial charge < -0.3 is 14.4 Å². The average Bonchev–Trinajstić information content (AvgIpc) is 2.44. The van der Waals surface area contributed by atoms with Crippen molar-refractivity contribution in [3.8, 4) is 5.88 Å². The largest absolute Gasteiger partial charge is 0.474 e. The van der Waals surface area contributed by atoms with Gasteiger partial charge in [-0.3, -0.25) is 9.59 Å². The lowest BCUT2D eigenvalue weighted by atomic mass is 10.2. The third-order valence-corrected chi connectivity index (χ3v) is 3.09. The quantitative estimate of drug-likeness (QED) is 0.731. The van der Waals surface area contributed by atoms with Gasteiger partial charge >= 0.3 is 5.97 Å². The Morgan fingerprint density at radius 1 is 1.33 bits per heavy atom. The summed E-state index contributed by atoms with van der Waals surface area (Å²) in [6.45, 7) is 9.37. The number of amides is 1. The molecule has 0 spiro atoms. The van der Waals surface area contributed by atoms with Crippen molar-refractivity contribution >= 4 is 23.5 Å². The van der Waals surface area contributed by atoms with Crippen molar-refractivity contribution in [2.24, 2.45) is 0 Å². The summed E-state index contributed by atoms with van der Waals surface area (Å²) in [5.74, 6) is -0.331. The van der Waals surface area contributed by atoms with Crippen LogP contribution < -0.4 is 4.74 Å². The van der Waals surface area contributed by atoms with Gasteiger partial charge in [-0.1, -0.05) is 11.6 Å². The molecule has 1 aromatic heterocycles.